The second-order valence-electron chi connectivity index (χ2n) is 5.67. The van der Waals surface area contributed by atoms with Crippen molar-refractivity contribution in [3.05, 3.63) is 71.2 Å². The SMILES string of the molecule is C=C/C(F)=C\C=C(/C)NC1C=C(c2cc(Cl)ccc2N)CCC1. The van der Waals surface area contributed by atoms with Crippen LogP contribution in [0.15, 0.2) is 60.6 Å². The minimum absolute atomic E-state index is 0.202. The zero-order chi connectivity index (χ0) is 16.8. The highest BCUT2D eigenvalue weighted by atomic mass is 35.5. The van der Waals surface area contributed by atoms with Crippen molar-refractivity contribution in [3.8, 4) is 0 Å². The average molecular weight is 333 g/mol. The standard InChI is InChI=1S/C19H22ClFN2/c1-3-16(21)9-7-13(2)23-17-6-4-5-14(11-17)18-12-15(20)8-10-19(18)22/h3,7-12,17,23H,1,4-6,22H2,2H3/b13-7+,16-9+. The molecule has 0 bridgehead atoms. The normalized spacial score (nSPS) is 19.3. The van der Waals surface area contributed by atoms with Gasteiger partial charge in [0.1, 0.15) is 5.83 Å². The number of halogens is 2. The van der Waals surface area contributed by atoms with Gasteiger partial charge in [0.05, 0.1) is 0 Å². The molecule has 0 fully saturated rings. The fourth-order valence-electron chi connectivity index (χ4n) is 2.68. The molecule has 0 aromatic heterocycles. The first-order chi connectivity index (χ1) is 11.0. The largest absolute Gasteiger partial charge is 0.398 e. The molecular formula is C19H22ClFN2. The number of hydrogen-bond donors (Lipinski definition) is 2. The maximum Gasteiger partial charge on any atom is 0.122 e. The summed E-state index contributed by atoms with van der Waals surface area (Å²) in [4.78, 5) is 0. The van der Waals surface area contributed by atoms with E-state index in [2.05, 4.69) is 18.0 Å². The van der Waals surface area contributed by atoms with Crippen molar-refractivity contribution in [3.63, 3.8) is 0 Å². The van der Waals surface area contributed by atoms with E-state index in [4.69, 9.17) is 17.3 Å². The van der Waals surface area contributed by atoms with E-state index < -0.39 is 0 Å². The van der Waals surface area contributed by atoms with Crippen LogP contribution in [0.2, 0.25) is 5.02 Å². The van der Waals surface area contributed by atoms with Gasteiger partial charge in [0.2, 0.25) is 0 Å². The van der Waals surface area contributed by atoms with Gasteiger partial charge in [-0.2, -0.15) is 0 Å². The topological polar surface area (TPSA) is 38.0 Å². The number of benzene rings is 1. The first-order valence-electron chi connectivity index (χ1n) is 7.68. The zero-order valence-electron chi connectivity index (χ0n) is 13.3. The molecule has 0 amide bonds. The number of rotatable bonds is 5. The molecule has 0 spiro atoms. The van der Waals surface area contributed by atoms with E-state index in [0.29, 0.717) is 5.02 Å². The summed E-state index contributed by atoms with van der Waals surface area (Å²) in [5.41, 5.74) is 9.93. The molecule has 0 saturated heterocycles. The molecule has 1 aliphatic carbocycles. The van der Waals surface area contributed by atoms with E-state index in [1.165, 1.54) is 17.7 Å². The minimum Gasteiger partial charge on any atom is -0.398 e. The third-order valence-electron chi connectivity index (χ3n) is 3.83. The van der Waals surface area contributed by atoms with Crippen LogP contribution in [-0.4, -0.2) is 6.04 Å². The fraction of sp³-hybridized carbons (Fsp3) is 0.263. The van der Waals surface area contributed by atoms with E-state index in [1.807, 2.05) is 19.1 Å². The van der Waals surface area contributed by atoms with Crippen LogP contribution in [0.4, 0.5) is 10.1 Å². The van der Waals surface area contributed by atoms with Gasteiger partial charge in [0.15, 0.2) is 0 Å². The molecule has 1 atom stereocenters. The second kappa shape index (κ2) is 8.02. The van der Waals surface area contributed by atoms with Crippen LogP contribution in [0.25, 0.3) is 5.57 Å². The Kier molecular flexibility index (Phi) is 6.05. The molecule has 0 saturated carbocycles. The Labute approximate surface area is 142 Å². The lowest BCUT2D eigenvalue weighted by Crippen LogP contribution is -2.27. The molecule has 0 aliphatic heterocycles. The Morgan fingerprint density at radius 3 is 2.96 bits per heavy atom. The zero-order valence-corrected chi connectivity index (χ0v) is 14.0. The van der Waals surface area contributed by atoms with Gasteiger partial charge in [-0.1, -0.05) is 24.3 Å². The molecule has 1 aromatic carbocycles. The van der Waals surface area contributed by atoms with Crippen LogP contribution in [-0.2, 0) is 0 Å². The van der Waals surface area contributed by atoms with E-state index >= 15 is 0 Å². The Morgan fingerprint density at radius 2 is 2.22 bits per heavy atom. The lowest BCUT2D eigenvalue weighted by atomic mass is 9.90. The number of nitrogens with two attached hydrogens (primary N) is 1. The number of allylic oxidation sites excluding steroid dienone is 6. The number of nitrogens with one attached hydrogen (secondary N) is 1. The quantitative estimate of drug-likeness (QED) is 0.560. The summed E-state index contributed by atoms with van der Waals surface area (Å²) in [7, 11) is 0. The Bertz CT molecular complexity index is 674. The molecule has 3 N–H and O–H groups in total. The highest BCUT2D eigenvalue weighted by molar-refractivity contribution is 6.30. The van der Waals surface area contributed by atoms with E-state index in [1.54, 1.807) is 12.1 Å². The molecule has 122 valence electrons. The Balaban J connectivity index is 2.16. The molecule has 1 aliphatic rings. The molecule has 0 radical (unpaired) electrons. The van der Waals surface area contributed by atoms with Gasteiger partial charge in [-0.25, -0.2) is 4.39 Å². The van der Waals surface area contributed by atoms with Crippen molar-refractivity contribution >= 4 is 22.9 Å². The Hall–Kier alpha value is -2.00. The summed E-state index contributed by atoms with van der Waals surface area (Å²) >= 11 is 6.08. The highest BCUT2D eigenvalue weighted by Crippen LogP contribution is 2.32. The van der Waals surface area contributed by atoms with Crippen LogP contribution >= 0.6 is 11.6 Å². The highest BCUT2D eigenvalue weighted by Gasteiger charge is 2.16. The maximum absolute atomic E-state index is 13.1. The van der Waals surface area contributed by atoms with Crippen molar-refractivity contribution in [1.82, 2.24) is 5.32 Å². The lowest BCUT2D eigenvalue weighted by Gasteiger charge is -2.24. The fourth-order valence-corrected chi connectivity index (χ4v) is 2.85. The third kappa shape index (κ3) is 5.00. The molecule has 2 nitrogen and oxygen atoms in total. The van der Waals surface area contributed by atoms with Gasteiger partial charge in [-0.15, -0.1) is 0 Å². The van der Waals surface area contributed by atoms with Crippen LogP contribution in [0, 0.1) is 0 Å². The molecule has 0 heterocycles. The average Bonchev–Trinajstić information content (AvgIpc) is 2.55. The van der Waals surface area contributed by atoms with Crippen molar-refractivity contribution in [2.45, 2.75) is 32.2 Å². The predicted molar refractivity (Wildman–Crippen MR) is 97.8 cm³/mol. The third-order valence-corrected chi connectivity index (χ3v) is 4.06. The van der Waals surface area contributed by atoms with E-state index in [9.17, 15) is 4.39 Å². The van der Waals surface area contributed by atoms with Gasteiger partial charge in [-0.3, -0.25) is 0 Å². The molecular weight excluding hydrogens is 311 g/mol. The summed E-state index contributed by atoms with van der Waals surface area (Å²) in [5.74, 6) is -0.349. The number of hydrogen-bond acceptors (Lipinski definition) is 2. The molecule has 2 rings (SSSR count). The molecule has 1 aromatic rings. The summed E-state index contributed by atoms with van der Waals surface area (Å²) < 4.78 is 13.1. The summed E-state index contributed by atoms with van der Waals surface area (Å²) in [6, 6.07) is 5.75. The van der Waals surface area contributed by atoms with Crippen LogP contribution in [0.1, 0.15) is 31.7 Å². The maximum atomic E-state index is 13.1. The van der Waals surface area contributed by atoms with Crippen molar-refractivity contribution in [2.75, 3.05) is 5.73 Å². The summed E-state index contributed by atoms with van der Waals surface area (Å²) in [6.45, 7) is 5.31. The van der Waals surface area contributed by atoms with Gasteiger partial charge in [0, 0.05) is 28.0 Å². The first-order valence-corrected chi connectivity index (χ1v) is 8.06. The first kappa shape index (κ1) is 17.4. The lowest BCUT2D eigenvalue weighted by molar-refractivity contribution is 0.575. The van der Waals surface area contributed by atoms with E-state index in [0.717, 1.165) is 36.2 Å². The Morgan fingerprint density at radius 1 is 1.43 bits per heavy atom. The second-order valence-corrected chi connectivity index (χ2v) is 6.11. The molecule has 4 heteroatoms. The van der Waals surface area contributed by atoms with Crippen molar-refractivity contribution in [2.24, 2.45) is 0 Å². The van der Waals surface area contributed by atoms with E-state index in [-0.39, 0.29) is 11.9 Å². The van der Waals surface area contributed by atoms with Gasteiger partial charge >= 0.3 is 0 Å². The van der Waals surface area contributed by atoms with Crippen LogP contribution < -0.4 is 11.1 Å². The monoisotopic (exact) mass is 332 g/mol. The van der Waals surface area contributed by atoms with Gasteiger partial charge in [-0.05, 0) is 68.2 Å². The smallest absolute Gasteiger partial charge is 0.122 e. The van der Waals surface area contributed by atoms with Crippen molar-refractivity contribution in [1.29, 1.82) is 0 Å². The summed E-state index contributed by atoms with van der Waals surface area (Å²) in [5, 5.41) is 4.08. The van der Waals surface area contributed by atoms with Gasteiger partial charge in [0.25, 0.3) is 0 Å². The van der Waals surface area contributed by atoms with Crippen LogP contribution in [0.3, 0.4) is 0 Å². The summed E-state index contributed by atoms with van der Waals surface area (Å²) in [6.07, 6.45) is 9.57. The van der Waals surface area contributed by atoms with Gasteiger partial charge < -0.3 is 11.1 Å². The van der Waals surface area contributed by atoms with Crippen molar-refractivity contribution < 1.29 is 4.39 Å². The molecule has 23 heavy (non-hydrogen) atoms. The minimum atomic E-state index is -0.349. The number of anilines is 1. The predicted octanol–water partition coefficient (Wildman–Crippen LogP) is 5.39. The number of nitrogen functional groups attached to an aromatic ring is 1. The van der Waals surface area contributed by atoms with Crippen LogP contribution in [0.5, 0.6) is 0 Å². The molecule has 1 unspecified atom stereocenters.